The van der Waals surface area contributed by atoms with E-state index in [9.17, 15) is 5.11 Å². The Morgan fingerprint density at radius 1 is 1.42 bits per heavy atom. The lowest BCUT2D eigenvalue weighted by atomic mass is 9.98. The molecule has 0 spiro atoms. The number of nitrogens with zero attached hydrogens (tertiary/aromatic N) is 4. The average molecular weight is 280 g/mol. The van der Waals surface area contributed by atoms with E-state index < -0.39 is 6.10 Å². The summed E-state index contributed by atoms with van der Waals surface area (Å²) < 4.78 is 1.72. The van der Waals surface area contributed by atoms with Crippen molar-refractivity contribution in [2.24, 2.45) is 0 Å². The molecule has 2 rings (SSSR count). The normalized spacial score (nSPS) is 13.7. The summed E-state index contributed by atoms with van der Waals surface area (Å²) in [5.74, 6) is 0. The van der Waals surface area contributed by atoms with Gasteiger partial charge in [-0.25, -0.2) is 9.67 Å². The van der Waals surface area contributed by atoms with Crippen molar-refractivity contribution in [3.63, 3.8) is 0 Å². The van der Waals surface area contributed by atoms with Crippen molar-refractivity contribution in [3.05, 3.63) is 28.0 Å². The monoisotopic (exact) mass is 280 g/mol. The number of hydrogen-bond acceptors (Lipinski definition) is 5. The minimum atomic E-state index is -0.533. The standard InChI is InChI=1S/C13H20N4OS/c1-5-11(18)10-7-17(16-15-10)6-9-8-19-12(14-9)13(2,3)4/h7-8,11,18H,5-6H2,1-4H3. The zero-order chi connectivity index (χ0) is 14.0. The van der Waals surface area contributed by atoms with Crippen LogP contribution in [-0.2, 0) is 12.0 Å². The summed E-state index contributed by atoms with van der Waals surface area (Å²) in [6, 6.07) is 0. The van der Waals surface area contributed by atoms with Crippen LogP contribution in [0.15, 0.2) is 11.6 Å². The highest BCUT2D eigenvalue weighted by atomic mass is 32.1. The predicted molar refractivity (Wildman–Crippen MR) is 75.2 cm³/mol. The lowest BCUT2D eigenvalue weighted by Crippen LogP contribution is -2.11. The fourth-order valence-electron chi connectivity index (χ4n) is 1.64. The summed E-state index contributed by atoms with van der Waals surface area (Å²) in [5.41, 5.74) is 1.68. The van der Waals surface area contributed by atoms with Gasteiger partial charge in [0, 0.05) is 10.8 Å². The largest absolute Gasteiger partial charge is 0.387 e. The molecule has 0 aliphatic heterocycles. The molecule has 0 radical (unpaired) electrons. The van der Waals surface area contributed by atoms with Gasteiger partial charge in [0.1, 0.15) is 5.69 Å². The van der Waals surface area contributed by atoms with Gasteiger partial charge in [0.05, 0.1) is 29.5 Å². The van der Waals surface area contributed by atoms with Gasteiger partial charge in [0.25, 0.3) is 0 Å². The molecule has 104 valence electrons. The Hall–Kier alpha value is -1.27. The minimum Gasteiger partial charge on any atom is -0.387 e. The van der Waals surface area contributed by atoms with Gasteiger partial charge in [-0.1, -0.05) is 32.9 Å². The van der Waals surface area contributed by atoms with Crippen LogP contribution in [0.1, 0.15) is 56.6 Å². The molecule has 0 bridgehead atoms. The van der Waals surface area contributed by atoms with Crippen LogP contribution in [0.25, 0.3) is 0 Å². The van der Waals surface area contributed by atoms with Gasteiger partial charge in [-0.15, -0.1) is 16.4 Å². The van der Waals surface area contributed by atoms with Gasteiger partial charge in [0.15, 0.2) is 0 Å². The van der Waals surface area contributed by atoms with E-state index in [0.717, 1.165) is 10.7 Å². The van der Waals surface area contributed by atoms with E-state index in [1.807, 2.05) is 6.92 Å². The summed E-state index contributed by atoms with van der Waals surface area (Å²) in [5, 5.41) is 20.9. The summed E-state index contributed by atoms with van der Waals surface area (Å²) in [6.07, 6.45) is 1.89. The summed E-state index contributed by atoms with van der Waals surface area (Å²) in [7, 11) is 0. The maximum Gasteiger partial charge on any atom is 0.111 e. The van der Waals surface area contributed by atoms with Crippen molar-refractivity contribution in [1.82, 2.24) is 20.0 Å². The Bertz CT molecular complexity index is 541. The van der Waals surface area contributed by atoms with Crippen LogP contribution >= 0.6 is 11.3 Å². The Kier molecular flexibility index (Phi) is 4.01. The molecule has 2 aromatic rings. The first-order chi connectivity index (χ1) is 8.90. The molecule has 0 fully saturated rings. The zero-order valence-corrected chi connectivity index (χ0v) is 12.6. The van der Waals surface area contributed by atoms with Crippen molar-refractivity contribution in [2.45, 2.75) is 52.2 Å². The third kappa shape index (κ3) is 3.39. The highest BCUT2D eigenvalue weighted by Gasteiger charge is 2.18. The second kappa shape index (κ2) is 5.38. The predicted octanol–water partition coefficient (Wildman–Crippen LogP) is 2.52. The molecule has 2 heterocycles. The SMILES string of the molecule is CCC(O)c1cn(Cc2csc(C(C)(C)C)n2)nn1. The molecule has 0 amide bonds. The molecular formula is C13H20N4OS. The molecule has 2 aromatic heterocycles. The average Bonchev–Trinajstić information content (AvgIpc) is 2.97. The Labute approximate surface area is 117 Å². The first-order valence-electron chi connectivity index (χ1n) is 6.43. The number of aliphatic hydroxyl groups excluding tert-OH is 1. The molecule has 1 unspecified atom stereocenters. The van der Waals surface area contributed by atoms with Crippen LogP contribution in [0.4, 0.5) is 0 Å². The smallest absolute Gasteiger partial charge is 0.111 e. The molecule has 19 heavy (non-hydrogen) atoms. The maximum absolute atomic E-state index is 9.69. The Morgan fingerprint density at radius 3 is 2.74 bits per heavy atom. The summed E-state index contributed by atoms with van der Waals surface area (Å²) in [6.45, 7) is 8.97. The van der Waals surface area contributed by atoms with E-state index in [1.165, 1.54) is 0 Å². The van der Waals surface area contributed by atoms with Gasteiger partial charge in [0.2, 0.25) is 0 Å². The van der Waals surface area contributed by atoms with Crippen LogP contribution in [-0.4, -0.2) is 25.1 Å². The maximum atomic E-state index is 9.69. The second-order valence-corrected chi connectivity index (χ2v) is 6.52. The fourth-order valence-corrected chi connectivity index (χ4v) is 2.54. The first kappa shape index (κ1) is 14.1. The topological polar surface area (TPSA) is 63.8 Å². The Balaban J connectivity index is 2.09. The van der Waals surface area contributed by atoms with E-state index in [-0.39, 0.29) is 5.41 Å². The van der Waals surface area contributed by atoms with Gasteiger partial charge in [-0.2, -0.15) is 0 Å². The molecular weight excluding hydrogens is 260 g/mol. The molecule has 0 saturated carbocycles. The summed E-state index contributed by atoms with van der Waals surface area (Å²) >= 11 is 1.67. The van der Waals surface area contributed by atoms with Gasteiger partial charge < -0.3 is 5.11 Å². The van der Waals surface area contributed by atoms with Crippen molar-refractivity contribution in [1.29, 1.82) is 0 Å². The number of rotatable bonds is 4. The quantitative estimate of drug-likeness (QED) is 0.934. The Morgan fingerprint density at radius 2 is 2.16 bits per heavy atom. The third-order valence-electron chi connectivity index (χ3n) is 2.80. The molecule has 0 saturated heterocycles. The number of thiazole rings is 1. The first-order valence-corrected chi connectivity index (χ1v) is 7.31. The molecule has 0 aromatic carbocycles. The highest BCUT2D eigenvalue weighted by Crippen LogP contribution is 2.25. The van der Waals surface area contributed by atoms with Gasteiger partial charge in [-0.05, 0) is 6.42 Å². The van der Waals surface area contributed by atoms with Gasteiger partial charge in [-0.3, -0.25) is 0 Å². The molecule has 1 N–H and O–H groups in total. The third-order valence-corrected chi connectivity index (χ3v) is 4.12. The lowest BCUT2D eigenvalue weighted by Gasteiger charge is -2.13. The number of aliphatic hydroxyl groups is 1. The van der Waals surface area contributed by atoms with Crippen molar-refractivity contribution >= 4 is 11.3 Å². The molecule has 0 aliphatic rings. The van der Waals surface area contributed by atoms with Crippen molar-refractivity contribution in [2.75, 3.05) is 0 Å². The summed E-state index contributed by atoms with van der Waals surface area (Å²) in [4.78, 5) is 4.62. The van der Waals surface area contributed by atoms with E-state index in [0.29, 0.717) is 18.7 Å². The molecule has 0 aliphatic carbocycles. The van der Waals surface area contributed by atoms with Crippen molar-refractivity contribution in [3.8, 4) is 0 Å². The minimum absolute atomic E-state index is 0.0782. The fraction of sp³-hybridized carbons (Fsp3) is 0.615. The van der Waals surface area contributed by atoms with Crippen LogP contribution in [0, 0.1) is 0 Å². The van der Waals surface area contributed by atoms with Crippen LogP contribution < -0.4 is 0 Å². The highest BCUT2D eigenvalue weighted by molar-refractivity contribution is 7.09. The van der Waals surface area contributed by atoms with E-state index in [4.69, 9.17) is 0 Å². The van der Waals surface area contributed by atoms with Crippen LogP contribution in [0.5, 0.6) is 0 Å². The molecule has 5 nitrogen and oxygen atoms in total. The van der Waals surface area contributed by atoms with E-state index in [2.05, 4.69) is 41.4 Å². The second-order valence-electron chi connectivity index (χ2n) is 5.66. The van der Waals surface area contributed by atoms with Crippen LogP contribution in [0.3, 0.4) is 0 Å². The van der Waals surface area contributed by atoms with E-state index in [1.54, 1.807) is 22.2 Å². The zero-order valence-electron chi connectivity index (χ0n) is 11.8. The number of aromatic nitrogens is 4. The van der Waals surface area contributed by atoms with Crippen molar-refractivity contribution < 1.29 is 5.11 Å². The molecule has 1 atom stereocenters. The van der Waals surface area contributed by atoms with E-state index >= 15 is 0 Å². The molecule has 6 heteroatoms. The van der Waals surface area contributed by atoms with Crippen LogP contribution in [0.2, 0.25) is 0 Å². The van der Waals surface area contributed by atoms with Gasteiger partial charge >= 0.3 is 0 Å². The lowest BCUT2D eigenvalue weighted by molar-refractivity contribution is 0.168. The number of hydrogen-bond donors (Lipinski definition) is 1.